The molecule has 0 saturated carbocycles. The van der Waals surface area contributed by atoms with Crippen LogP contribution in [0.4, 0.5) is 0 Å². The number of methoxy groups -OCH3 is 3. The second-order valence-corrected chi connectivity index (χ2v) is 8.94. The topological polar surface area (TPSA) is 44.8 Å². The predicted molar refractivity (Wildman–Crippen MR) is 135 cm³/mol. The maximum Gasteiger partial charge on any atom is 0.203 e. The highest BCUT2D eigenvalue weighted by atomic mass is 32.1. The van der Waals surface area contributed by atoms with Crippen molar-refractivity contribution in [3.05, 3.63) is 59.7 Å². The number of rotatable bonds is 13. The first-order chi connectivity index (χ1) is 15.4. The van der Waals surface area contributed by atoms with Crippen molar-refractivity contribution in [2.45, 2.75) is 39.5 Å². The Morgan fingerprint density at radius 3 is 2.12 bits per heavy atom. The van der Waals surface area contributed by atoms with E-state index < -0.39 is 0 Å². The van der Waals surface area contributed by atoms with E-state index in [0.717, 1.165) is 29.7 Å². The molecule has 0 saturated heterocycles. The van der Waals surface area contributed by atoms with E-state index in [9.17, 15) is 4.79 Å². The normalized spacial score (nSPS) is 12.1. The molecule has 0 amide bonds. The number of hydrogen-bond donors (Lipinski definition) is 0. The number of carbonyl (C=O) groups excluding carboxylic acids is 1. The Morgan fingerprint density at radius 1 is 0.969 bits per heavy atom. The van der Waals surface area contributed by atoms with Gasteiger partial charge in [-0.2, -0.15) is 0 Å². The lowest BCUT2D eigenvalue weighted by molar-refractivity contribution is -0.115. The summed E-state index contributed by atoms with van der Waals surface area (Å²) in [5.74, 6) is 2.48. The average molecular weight is 455 g/mol. The summed E-state index contributed by atoms with van der Waals surface area (Å²) in [5, 5.41) is 0. The highest BCUT2D eigenvalue weighted by Crippen LogP contribution is 2.38. The molecule has 2 rings (SSSR count). The fourth-order valence-corrected chi connectivity index (χ4v) is 4.26. The largest absolute Gasteiger partial charge is 0.493 e. The standard InChI is InChI=1S/C27H34O4S/c1-19(2)13-22(16-24(32)15-20-9-7-6-8-10-20)14-23(28)12-11-21-17-25(29-3)27(31-5)26(18-21)30-4/h6-12,17-19,22H,13-16H2,1-5H3/b12-11+. The van der Waals surface area contributed by atoms with Gasteiger partial charge < -0.3 is 14.2 Å². The number of carbonyl (C=O) groups is 1. The van der Waals surface area contributed by atoms with Crippen molar-refractivity contribution < 1.29 is 19.0 Å². The molecule has 0 spiro atoms. The number of allylic oxidation sites excluding steroid dienone is 1. The van der Waals surface area contributed by atoms with Crippen LogP contribution in [0.15, 0.2) is 48.5 Å². The summed E-state index contributed by atoms with van der Waals surface area (Å²) in [6.45, 7) is 4.37. The van der Waals surface area contributed by atoms with Crippen LogP contribution in [-0.4, -0.2) is 32.0 Å². The molecule has 0 aliphatic heterocycles. The van der Waals surface area contributed by atoms with E-state index in [1.807, 2.05) is 30.3 Å². The average Bonchev–Trinajstić information content (AvgIpc) is 2.76. The molecule has 0 aliphatic carbocycles. The van der Waals surface area contributed by atoms with Gasteiger partial charge in [0.2, 0.25) is 5.75 Å². The number of hydrogen-bond acceptors (Lipinski definition) is 5. The van der Waals surface area contributed by atoms with E-state index in [4.69, 9.17) is 26.4 Å². The number of benzene rings is 2. The zero-order valence-electron chi connectivity index (χ0n) is 19.7. The first kappa shape index (κ1) is 25.6. The lowest BCUT2D eigenvalue weighted by Gasteiger charge is -2.18. The summed E-state index contributed by atoms with van der Waals surface area (Å²) >= 11 is 5.67. The summed E-state index contributed by atoms with van der Waals surface area (Å²) in [6.07, 6.45) is 6.44. The molecule has 5 heteroatoms. The Hall–Kier alpha value is -2.66. The van der Waals surface area contributed by atoms with Crippen molar-refractivity contribution in [2.75, 3.05) is 21.3 Å². The monoisotopic (exact) mass is 454 g/mol. The summed E-state index contributed by atoms with van der Waals surface area (Å²) in [5.41, 5.74) is 2.03. The van der Waals surface area contributed by atoms with Gasteiger partial charge in [-0.3, -0.25) is 4.79 Å². The minimum absolute atomic E-state index is 0.0897. The minimum atomic E-state index is 0.0897. The van der Waals surface area contributed by atoms with Gasteiger partial charge in [-0.1, -0.05) is 62.5 Å². The summed E-state index contributed by atoms with van der Waals surface area (Å²) in [7, 11) is 4.71. The minimum Gasteiger partial charge on any atom is -0.493 e. The predicted octanol–water partition coefficient (Wildman–Crippen LogP) is 6.35. The van der Waals surface area contributed by atoms with Gasteiger partial charge in [0, 0.05) is 12.8 Å². The van der Waals surface area contributed by atoms with E-state index in [1.54, 1.807) is 33.5 Å². The van der Waals surface area contributed by atoms with Crippen LogP contribution in [-0.2, 0) is 11.2 Å². The van der Waals surface area contributed by atoms with Gasteiger partial charge in [-0.15, -0.1) is 0 Å². The molecule has 4 nitrogen and oxygen atoms in total. The molecule has 0 aliphatic rings. The van der Waals surface area contributed by atoms with Gasteiger partial charge >= 0.3 is 0 Å². The van der Waals surface area contributed by atoms with Crippen molar-refractivity contribution in [1.29, 1.82) is 0 Å². The Morgan fingerprint density at radius 2 is 1.59 bits per heavy atom. The number of ether oxygens (including phenoxy) is 3. The van der Waals surface area contributed by atoms with Gasteiger partial charge in [0.15, 0.2) is 17.3 Å². The van der Waals surface area contributed by atoms with Crippen LogP contribution in [0.25, 0.3) is 6.08 Å². The SMILES string of the molecule is COc1cc(/C=C/C(=O)CC(CC(=S)Cc2ccccc2)CC(C)C)cc(OC)c1OC. The maximum atomic E-state index is 12.8. The smallest absolute Gasteiger partial charge is 0.203 e. The van der Waals surface area contributed by atoms with Crippen molar-refractivity contribution in [2.24, 2.45) is 11.8 Å². The molecule has 2 aromatic rings. The fourth-order valence-electron chi connectivity index (χ4n) is 3.86. The maximum absolute atomic E-state index is 12.8. The van der Waals surface area contributed by atoms with Crippen molar-refractivity contribution in [3.8, 4) is 17.2 Å². The molecule has 32 heavy (non-hydrogen) atoms. The Balaban J connectivity index is 2.06. The molecule has 0 fully saturated rings. The molecule has 2 aromatic carbocycles. The third-order valence-corrected chi connectivity index (χ3v) is 5.51. The van der Waals surface area contributed by atoms with Gasteiger partial charge in [0.1, 0.15) is 0 Å². The van der Waals surface area contributed by atoms with E-state index in [0.29, 0.717) is 29.6 Å². The second kappa shape index (κ2) is 13.0. The molecular weight excluding hydrogens is 420 g/mol. The zero-order valence-corrected chi connectivity index (χ0v) is 20.5. The van der Waals surface area contributed by atoms with Gasteiger partial charge in [0.05, 0.1) is 21.3 Å². The molecule has 0 N–H and O–H groups in total. The van der Waals surface area contributed by atoms with Crippen molar-refractivity contribution >= 4 is 28.9 Å². The number of thiocarbonyl (C=S) groups is 1. The van der Waals surface area contributed by atoms with Crippen LogP contribution in [0.5, 0.6) is 17.2 Å². The third-order valence-electron chi connectivity index (χ3n) is 5.20. The first-order valence-corrected chi connectivity index (χ1v) is 11.3. The van der Waals surface area contributed by atoms with E-state index in [1.165, 1.54) is 5.56 Å². The van der Waals surface area contributed by atoms with Crippen LogP contribution in [0, 0.1) is 11.8 Å². The van der Waals surface area contributed by atoms with E-state index in [2.05, 4.69) is 26.0 Å². The molecule has 1 atom stereocenters. The van der Waals surface area contributed by atoms with Crippen molar-refractivity contribution in [3.63, 3.8) is 0 Å². The molecule has 0 radical (unpaired) electrons. The summed E-state index contributed by atoms with van der Waals surface area (Å²) < 4.78 is 16.1. The lowest BCUT2D eigenvalue weighted by atomic mass is 9.87. The molecule has 1 unspecified atom stereocenters. The molecular formula is C27H34O4S. The van der Waals surface area contributed by atoms with Crippen LogP contribution >= 0.6 is 12.2 Å². The summed E-state index contributed by atoms with van der Waals surface area (Å²) in [6, 6.07) is 13.9. The third kappa shape index (κ3) is 8.12. The fraction of sp³-hybridized carbons (Fsp3) is 0.407. The molecule has 0 aromatic heterocycles. The molecule has 172 valence electrons. The highest BCUT2D eigenvalue weighted by Gasteiger charge is 2.17. The second-order valence-electron chi connectivity index (χ2n) is 8.36. The molecule has 0 heterocycles. The van der Waals surface area contributed by atoms with Crippen LogP contribution in [0.1, 0.15) is 44.2 Å². The van der Waals surface area contributed by atoms with E-state index >= 15 is 0 Å². The summed E-state index contributed by atoms with van der Waals surface area (Å²) in [4.78, 5) is 13.8. The van der Waals surface area contributed by atoms with Gasteiger partial charge in [-0.25, -0.2) is 0 Å². The Kier molecular flexibility index (Phi) is 10.4. The van der Waals surface area contributed by atoms with Crippen molar-refractivity contribution in [1.82, 2.24) is 0 Å². The van der Waals surface area contributed by atoms with E-state index in [-0.39, 0.29) is 11.7 Å². The number of ketones is 1. The Bertz CT molecular complexity index is 894. The van der Waals surface area contributed by atoms with Crippen LogP contribution in [0.2, 0.25) is 0 Å². The van der Waals surface area contributed by atoms with Crippen LogP contribution < -0.4 is 14.2 Å². The Labute approximate surface area is 197 Å². The first-order valence-electron chi connectivity index (χ1n) is 10.9. The lowest BCUT2D eigenvalue weighted by Crippen LogP contribution is -2.15. The van der Waals surface area contributed by atoms with Gasteiger partial charge in [-0.05, 0) is 58.9 Å². The van der Waals surface area contributed by atoms with Crippen LogP contribution in [0.3, 0.4) is 0 Å². The highest BCUT2D eigenvalue weighted by molar-refractivity contribution is 7.80. The quantitative estimate of drug-likeness (QED) is 0.261. The zero-order chi connectivity index (χ0) is 23.5. The van der Waals surface area contributed by atoms with Gasteiger partial charge in [0.25, 0.3) is 0 Å². The molecule has 0 bridgehead atoms.